The van der Waals surface area contributed by atoms with Crippen molar-refractivity contribution in [3.8, 4) is 0 Å². The van der Waals surface area contributed by atoms with Crippen molar-refractivity contribution in [2.75, 3.05) is 13.1 Å². The van der Waals surface area contributed by atoms with E-state index in [9.17, 15) is 4.79 Å². The van der Waals surface area contributed by atoms with E-state index >= 15 is 0 Å². The normalized spacial score (nSPS) is 24.4. The zero-order valence-corrected chi connectivity index (χ0v) is 16.9. The molecule has 3 N–H and O–H groups in total. The number of benzene rings is 1. The molecule has 28 heavy (non-hydrogen) atoms. The lowest BCUT2D eigenvalue weighted by Crippen LogP contribution is -2.35. The Balaban J connectivity index is 1.41. The predicted octanol–water partition coefficient (Wildman–Crippen LogP) is 4.41. The molecule has 0 spiro atoms. The highest BCUT2D eigenvalue weighted by atomic mass is 16.2. The van der Waals surface area contributed by atoms with Crippen LogP contribution in [0.15, 0.2) is 35.5 Å². The highest BCUT2D eigenvalue weighted by Crippen LogP contribution is 2.44. The standard InChI is InChI=1S/C23H30N4O/c1-23(2)9-8-17-20(14-23)25-26-21(17)19-13-16-12-15(6-7-18(16)24-19)22(28)27-10-4-3-5-11-27/h6-7,12-13,21,24-26H,3-5,8-11,14H2,1-2H3. The quantitative estimate of drug-likeness (QED) is 0.726. The number of nitrogens with one attached hydrogen (secondary N) is 3. The number of aromatic nitrogens is 1. The Hall–Kier alpha value is -2.27. The van der Waals surface area contributed by atoms with Crippen LogP contribution in [0.1, 0.15) is 74.5 Å². The molecular formula is C23H30N4O. The first kappa shape index (κ1) is 17.8. The van der Waals surface area contributed by atoms with E-state index in [0.717, 1.165) is 55.2 Å². The Labute approximate surface area is 166 Å². The van der Waals surface area contributed by atoms with Gasteiger partial charge in [0.25, 0.3) is 5.91 Å². The van der Waals surface area contributed by atoms with E-state index < -0.39 is 0 Å². The van der Waals surface area contributed by atoms with Gasteiger partial charge in [0.2, 0.25) is 0 Å². The number of likely N-dealkylation sites (tertiary alicyclic amines) is 1. The van der Waals surface area contributed by atoms with Crippen molar-refractivity contribution in [2.24, 2.45) is 5.41 Å². The maximum Gasteiger partial charge on any atom is 0.253 e. The first-order valence-electron chi connectivity index (χ1n) is 10.7. The third kappa shape index (κ3) is 3.12. The molecule has 1 aromatic carbocycles. The molecule has 2 aliphatic heterocycles. The van der Waals surface area contributed by atoms with E-state index in [1.807, 2.05) is 17.0 Å². The minimum absolute atomic E-state index is 0.171. The van der Waals surface area contributed by atoms with Crippen LogP contribution in [-0.4, -0.2) is 28.9 Å². The van der Waals surface area contributed by atoms with E-state index in [2.05, 4.69) is 41.8 Å². The van der Waals surface area contributed by atoms with Gasteiger partial charge >= 0.3 is 0 Å². The molecule has 1 unspecified atom stereocenters. The Morgan fingerprint density at radius 3 is 2.79 bits per heavy atom. The van der Waals surface area contributed by atoms with Crippen molar-refractivity contribution in [1.29, 1.82) is 0 Å². The number of piperidine rings is 1. The number of H-pyrrole nitrogens is 1. The molecule has 5 heteroatoms. The Kier molecular flexibility index (Phi) is 4.23. The topological polar surface area (TPSA) is 60.2 Å². The lowest BCUT2D eigenvalue weighted by molar-refractivity contribution is 0.0724. The number of carbonyl (C=O) groups is 1. The van der Waals surface area contributed by atoms with Gasteiger partial charge in [0.05, 0.1) is 6.04 Å². The largest absolute Gasteiger partial charge is 0.357 e. The second-order valence-corrected chi connectivity index (χ2v) is 9.43. The summed E-state index contributed by atoms with van der Waals surface area (Å²) in [5, 5.41) is 1.12. The van der Waals surface area contributed by atoms with Crippen LogP contribution in [0.2, 0.25) is 0 Å². The summed E-state index contributed by atoms with van der Waals surface area (Å²) in [6.07, 6.45) is 6.93. The van der Waals surface area contributed by atoms with Crippen LogP contribution in [0.25, 0.3) is 10.9 Å². The smallest absolute Gasteiger partial charge is 0.253 e. The molecule has 0 radical (unpaired) electrons. The number of hydrogen-bond donors (Lipinski definition) is 3. The second-order valence-electron chi connectivity index (χ2n) is 9.43. The SMILES string of the molecule is CC1(C)CCC2=C(C1)NNC2c1cc2cc(C(=O)N3CCCCC3)ccc2[nH]1. The fourth-order valence-electron chi connectivity index (χ4n) is 4.98. The summed E-state index contributed by atoms with van der Waals surface area (Å²) in [6, 6.07) is 8.47. The number of allylic oxidation sites excluding steroid dienone is 1. The van der Waals surface area contributed by atoms with Crippen LogP contribution in [-0.2, 0) is 0 Å². The lowest BCUT2D eigenvalue weighted by Gasteiger charge is -2.30. The molecular weight excluding hydrogens is 348 g/mol. The van der Waals surface area contributed by atoms with Gasteiger partial charge in [-0.1, -0.05) is 13.8 Å². The predicted molar refractivity (Wildman–Crippen MR) is 112 cm³/mol. The van der Waals surface area contributed by atoms with Crippen LogP contribution in [0.5, 0.6) is 0 Å². The fraction of sp³-hybridized carbons (Fsp3) is 0.522. The molecule has 1 amide bonds. The summed E-state index contributed by atoms with van der Waals surface area (Å²) in [5.74, 6) is 0.171. The average Bonchev–Trinajstić information content (AvgIpc) is 3.29. The van der Waals surface area contributed by atoms with Gasteiger partial charge in [-0.15, -0.1) is 0 Å². The molecule has 1 fully saturated rings. The van der Waals surface area contributed by atoms with Crippen molar-refractivity contribution >= 4 is 16.8 Å². The van der Waals surface area contributed by atoms with Crippen molar-refractivity contribution in [3.05, 3.63) is 46.8 Å². The van der Waals surface area contributed by atoms with E-state index in [1.54, 1.807) is 0 Å². The van der Waals surface area contributed by atoms with Gasteiger partial charge in [-0.3, -0.25) is 4.79 Å². The van der Waals surface area contributed by atoms with Crippen LogP contribution in [0.3, 0.4) is 0 Å². The van der Waals surface area contributed by atoms with Crippen molar-refractivity contribution in [3.63, 3.8) is 0 Å². The number of nitrogens with zero attached hydrogens (tertiary/aromatic N) is 1. The molecule has 3 aliphatic rings. The highest BCUT2D eigenvalue weighted by molar-refractivity contribution is 5.98. The Bertz CT molecular complexity index is 949. The summed E-state index contributed by atoms with van der Waals surface area (Å²) in [4.78, 5) is 18.4. The van der Waals surface area contributed by atoms with Gasteiger partial charge < -0.3 is 15.3 Å². The number of fused-ring (bicyclic) bond motifs is 1. The molecule has 0 saturated carbocycles. The summed E-state index contributed by atoms with van der Waals surface area (Å²) < 4.78 is 0. The zero-order valence-electron chi connectivity index (χ0n) is 16.9. The summed E-state index contributed by atoms with van der Waals surface area (Å²) in [5.41, 5.74) is 13.2. The van der Waals surface area contributed by atoms with Crippen LogP contribution in [0, 0.1) is 5.41 Å². The molecule has 5 rings (SSSR count). The number of rotatable bonds is 2. The molecule has 148 valence electrons. The highest BCUT2D eigenvalue weighted by Gasteiger charge is 2.35. The van der Waals surface area contributed by atoms with Crippen molar-refractivity contribution in [2.45, 2.75) is 58.4 Å². The first-order valence-corrected chi connectivity index (χ1v) is 10.7. The monoisotopic (exact) mass is 378 g/mol. The van der Waals surface area contributed by atoms with E-state index in [0.29, 0.717) is 5.41 Å². The molecule has 1 saturated heterocycles. The van der Waals surface area contributed by atoms with E-state index in [-0.39, 0.29) is 11.9 Å². The summed E-state index contributed by atoms with van der Waals surface area (Å²) in [6.45, 7) is 6.46. The molecule has 0 bridgehead atoms. The third-order valence-electron chi connectivity index (χ3n) is 6.67. The second kappa shape index (κ2) is 6.66. The van der Waals surface area contributed by atoms with Gasteiger partial charge in [0, 0.05) is 40.9 Å². The van der Waals surface area contributed by atoms with Gasteiger partial charge in [0.15, 0.2) is 0 Å². The first-order chi connectivity index (χ1) is 13.5. The third-order valence-corrected chi connectivity index (χ3v) is 6.67. The van der Waals surface area contributed by atoms with E-state index in [4.69, 9.17) is 0 Å². The Morgan fingerprint density at radius 2 is 1.96 bits per heavy atom. The number of hydrogen-bond acceptors (Lipinski definition) is 3. The fourth-order valence-corrected chi connectivity index (χ4v) is 4.98. The van der Waals surface area contributed by atoms with Gasteiger partial charge in [-0.25, -0.2) is 5.43 Å². The van der Waals surface area contributed by atoms with Gasteiger partial charge in [-0.2, -0.15) is 0 Å². The van der Waals surface area contributed by atoms with Gasteiger partial charge in [0.1, 0.15) is 0 Å². The lowest BCUT2D eigenvalue weighted by atomic mass is 9.75. The molecule has 2 aromatic rings. The summed E-state index contributed by atoms with van der Waals surface area (Å²) in [7, 11) is 0. The minimum Gasteiger partial charge on any atom is -0.357 e. The van der Waals surface area contributed by atoms with Crippen molar-refractivity contribution < 1.29 is 4.79 Å². The zero-order chi connectivity index (χ0) is 19.3. The number of hydrazine groups is 1. The minimum atomic E-state index is 0.171. The molecule has 1 aromatic heterocycles. The Morgan fingerprint density at radius 1 is 1.14 bits per heavy atom. The van der Waals surface area contributed by atoms with E-state index in [1.165, 1.54) is 29.8 Å². The summed E-state index contributed by atoms with van der Waals surface area (Å²) >= 11 is 0. The van der Waals surface area contributed by atoms with Crippen LogP contribution >= 0.6 is 0 Å². The number of carbonyl (C=O) groups excluding carboxylic acids is 1. The van der Waals surface area contributed by atoms with Crippen LogP contribution in [0.4, 0.5) is 0 Å². The van der Waals surface area contributed by atoms with Crippen molar-refractivity contribution in [1.82, 2.24) is 20.7 Å². The molecule has 5 nitrogen and oxygen atoms in total. The van der Waals surface area contributed by atoms with Crippen LogP contribution < -0.4 is 10.9 Å². The molecule has 3 heterocycles. The van der Waals surface area contributed by atoms with Gasteiger partial charge in [-0.05, 0) is 73.8 Å². The maximum absolute atomic E-state index is 12.8. The molecule has 1 atom stereocenters. The number of aromatic amines is 1. The maximum atomic E-state index is 12.8. The number of amides is 1. The average molecular weight is 379 g/mol. The molecule has 1 aliphatic carbocycles.